The van der Waals surface area contributed by atoms with E-state index in [1.807, 2.05) is 6.92 Å². The molecular formula is C12H27NO. The van der Waals surface area contributed by atoms with Gasteiger partial charge < -0.3 is 10.4 Å². The Morgan fingerprint density at radius 1 is 1.21 bits per heavy atom. The highest BCUT2D eigenvalue weighted by Gasteiger charge is 2.22. The predicted octanol–water partition coefficient (Wildman–Crippen LogP) is 2.56. The molecule has 0 amide bonds. The molecule has 0 aliphatic heterocycles. The van der Waals surface area contributed by atoms with E-state index in [-0.39, 0.29) is 0 Å². The first-order valence-electron chi connectivity index (χ1n) is 5.87. The summed E-state index contributed by atoms with van der Waals surface area (Å²) in [6, 6.07) is 0.550. The average molecular weight is 201 g/mol. The molecule has 0 saturated carbocycles. The van der Waals surface area contributed by atoms with Crippen molar-refractivity contribution in [1.82, 2.24) is 5.32 Å². The zero-order chi connectivity index (χ0) is 11.2. The molecule has 86 valence electrons. The van der Waals surface area contributed by atoms with Crippen LogP contribution in [0.4, 0.5) is 0 Å². The van der Waals surface area contributed by atoms with Gasteiger partial charge in [-0.2, -0.15) is 0 Å². The number of nitrogens with one attached hydrogen (secondary N) is 1. The Labute approximate surface area is 89.1 Å². The van der Waals surface area contributed by atoms with E-state index < -0.39 is 5.60 Å². The largest absolute Gasteiger partial charge is 0.389 e. The lowest BCUT2D eigenvalue weighted by atomic mass is 9.94. The predicted molar refractivity (Wildman–Crippen MR) is 62.5 cm³/mol. The van der Waals surface area contributed by atoms with Crippen LogP contribution in [0.15, 0.2) is 0 Å². The van der Waals surface area contributed by atoms with Crippen LogP contribution in [-0.4, -0.2) is 23.3 Å². The molecule has 0 aromatic heterocycles. The van der Waals surface area contributed by atoms with Crippen molar-refractivity contribution in [3.8, 4) is 0 Å². The molecule has 0 radical (unpaired) electrons. The molecule has 0 aliphatic rings. The van der Waals surface area contributed by atoms with E-state index in [0.717, 1.165) is 19.3 Å². The fourth-order valence-corrected chi connectivity index (χ4v) is 1.89. The van der Waals surface area contributed by atoms with Crippen molar-refractivity contribution in [3.63, 3.8) is 0 Å². The molecule has 0 aromatic carbocycles. The van der Waals surface area contributed by atoms with Gasteiger partial charge in [-0.15, -0.1) is 0 Å². The maximum atomic E-state index is 10.1. The summed E-state index contributed by atoms with van der Waals surface area (Å²) >= 11 is 0. The average Bonchev–Trinajstić information content (AvgIpc) is 2.03. The van der Waals surface area contributed by atoms with Crippen LogP contribution in [0.1, 0.15) is 53.9 Å². The van der Waals surface area contributed by atoms with Gasteiger partial charge in [-0.3, -0.25) is 0 Å². The SMILES string of the molecule is CCC(CC)NCC(C)(O)CC(C)C. The van der Waals surface area contributed by atoms with E-state index in [4.69, 9.17) is 0 Å². The standard InChI is InChI=1S/C12H27NO/c1-6-11(7-2)13-9-12(5,14)8-10(3)4/h10-11,13-14H,6-9H2,1-5H3. The van der Waals surface area contributed by atoms with Gasteiger partial charge in [0.25, 0.3) is 0 Å². The van der Waals surface area contributed by atoms with Gasteiger partial charge in [-0.25, -0.2) is 0 Å². The zero-order valence-electron chi connectivity index (χ0n) is 10.4. The van der Waals surface area contributed by atoms with Crippen molar-refractivity contribution in [3.05, 3.63) is 0 Å². The number of hydrogen-bond donors (Lipinski definition) is 2. The number of hydrogen-bond acceptors (Lipinski definition) is 2. The Hall–Kier alpha value is -0.0800. The minimum atomic E-state index is -0.559. The third-order valence-electron chi connectivity index (χ3n) is 2.61. The number of aliphatic hydroxyl groups is 1. The minimum Gasteiger partial charge on any atom is -0.389 e. The molecule has 0 fully saturated rings. The lowest BCUT2D eigenvalue weighted by Gasteiger charge is -2.28. The maximum absolute atomic E-state index is 10.1. The van der Waals surface area contributed by atoms with Crippen LogP contribution >= 0.6 is 0 Å². The van der Waals surface area contributed by atoms with Crippen molar-refractivity contribution in [2.24, 2.45) is 5.92 Å². The van der Waals surface area contributed by atoms with Crippen LogP contribution in [-0.2, 0) is 0 Å². The highest BCUT2D eigenvalue weighted by Crippen LogP contribution is 2.15. The highest BCUT2D eigenvalue weighted by molar-refractivity contribution is 4.78. The summed E-state index contributed by atoms with van der Waals surface area (Å²) in [6.45, 7) is 11.3. The Bertz CT molecular complexity index is 139. The summed E-state index contributed by atoms with van der Waals surface area (Å²) in [6.07, 6.45) is 3.13. The van der Waals surface area contributed by atoms with Crippen LogP contribution in [0, 0.1) is 5.92 Å². The quantitative estimate of drug-likeness (QED) is 0.663. The molecule has 0 bridgehead atoms. The zero-order valence-corrected chi connectivity index (χ0v) is 10.4. The Balaban J connectivity index is 3.84. The third-order valence-corrected chi connectivity index (χ3v) is 2.61. The summed E-state index contributed by atoms with van der Waals surface area (Å²) in [7, 11) is 0. The van der Waals surface area contributed by atoms with E-state index in [9.17, 15) is 5.11 Å². The van der Waals surface area contributed by atoms with Crippen LogP contribution < -0.4 is 5.32 Å². The molecule has 0 heterocycles. The summed E-state index contributed by atoms with van der Waals surface area (Å²) in [4.78, 5) is 0. The molecule has 0 rings (SSSR count). The van der Waals surface area contributed by atoms with Gasteiger partial charge in [0.1, 0.15) is 0 Å². The van der Waals surface area contributed by atoms with Gasteiger partial charge in [0.2, 0.25) is 0 Å². The van der Waals surface area contributed by atoms with E-state index in [1.165, 1.54) is 0 Å². The van der Waals surface area contributed by atoms with E-state index in [0.29, 0.717) is 18.5 Å². The smallest absolute Gasteiger partial charge is 0.0746 e. The Morgan fingerprint density at radius 2 is 1.71 bits per heavy atom. The molecule has 2 nitrogen and oxygen atoms in total. The molecule has 0 saturated heterocycles. The second-order valence-corrected chi connectivity index (χ2v) is 4.99. The molecule has 0 aliphatic carbocycles. The lowest BCUT2D eigenvalue weighted by molar-refractivity contribution is 0.0356. The molecule has 2 heteroatoms. The summed E-state index contributed by atoms with van der Waals surface area (Å²) in [5, 5.41) is 13.5. The molecule has 14 heavy (non-hydrogen) atoms. The van der Waals surface area contributed by atoms with E-state index >= 15 is 0 Å². The first kappa shape index (κ1) is 13.9. The fourth-order valence-electron chi connectivity index (χ4n) is 1.89. The first-order valence-corrected chi connectivity index (χ1v) is 5.87. The Kier molecular flexibility index (Phi) is 6.38. The summed E-state index contributed by atoms with van der Waals surface area (Å²) < 4.78 is 0. The van der Waals surface area contributed by atoms with Gasteiger partial charge >= 0.3 is 0 Å². The maximum Gasteiger partial charge on any atom is 0.0746 e. The van der Waals surface area contributed by atoms with Crippen LogP contribution in [0.25, 0.3) is 0 Å². The van der Waals surface area contributed by atoms with Crippen LogP contribution in [0.2, 0.25) is 0 Å². The van der Waals surface area contributed by atoms with Gasteiger partial charge in [-0.05, 0) is 32.1 Å². The molecule has 0 spiro atoms. The van der Waals surface area contributed by atoms with E-state index in [1.54, 1.807) is 0 Å². The first-order chi connectivity index (χ1) is 6.41. The van der Waals surface area contributed by atoms with E-state index in [2.05, 4.69) is 33.0 Å². The Morgan fingerprint density at radius 3 is 2.07 bits per heavy atom. The van der Waals surface area contributed by atoms with Gasteiger partial charge in [0, 0.05) is 12.6 Å². The van der Waals surface area contributed by atoms with Crippen molar-refractivity contribution in [2.45, 2.75) is 65.5 Å². The van der Waals surface area contributed by atoms with Crippen molar-refractivity contribution in [1.29, 1.82) is 0 Å². The number of rotatable bonds is 7. The van der Waals surface area contributed by atoms with Crippen molar-refractivity contribution >= 4 is 0 Å². The van der Waals surface area contributed by atoms with Crippen molar-refractivity contribution in [2.75, 3.05) is 6.54 Å². The monoisotopic (exact) mass is 201 g/mol. The second kappa shape index (κ2) is 6.41. The normalized spacial score (nSPS) is 16.3. The molecule has 0 aromatic rings. The van der Waals surface area contributed by atoms with Gasteiger partial charge in [-0.1, -0.05) is 27.7 Å². The summed E-state index contributed by atoms with van der Waals surface area (Å²) in [5.41, 5.74) is -0.559. The van der Waals surface area contributed by atoms with Gasteiger partial charge in [0.15, 0.2) is 0 Å². The molecular weight excluding hydrogens is 174 g/mol. The van der Waals surface area contributed by atoms with Gasteiger partial charge in [0.05, 0.1) is 5.60 Å². The minimum absolute atomic E-state index is 0.550. The summed E-state index contributed by atoms with van der Waals surface area (Å²) in [5.74, 6) is 0.550. The second-order valence-electron chi connectivity index (χ2n) is 4.99. The highest BCUT2D eigenvalue weighted by atomic mass is 16.3. The molecule has 1 atom stereocenters. The third kappa shape index (κ3) is 6.39. The van der Waals surface area contributed by atoms with Crippen LogP contribution in [0.5, 0.6) is 0 Å². The van der Waals surface area contributed by atoms with Crippen LogP contribution in [0.3, 0.4) is 0 Å². The topological polar surface area (TPSA) is 32.3 Å². The fraction of sp³-hybridized carbons (Fsp3) is 1.00. The van der Waals surface area contributed by atoms with Crippen molar-refractivity contribution < 1.29 is 5.11 Å². The molecule has 1 unspecified atom stereocenters. The lowest BCUT2D eigenvalue weighted by Crippen LogP contribution is -2.42. The molecule has 2 N–H and O–H groups in total.